The van der Waals surface area contributed by atoms with Gasteiger partial charge in [0.25, 0.3) is 0 Å². The van der Waals surface area contributed by atoms with Gasteiger partial charge in [0.15, 0.2) is 0 Å². The van der Waals surface area contributed by atoms with Gasteiger partial charge < -0.3 is 9.92 Å². The number of primary amides is 1. The first kappa shape index (κ1) is 10.7. The molecule has 1 rings (SSSR count). The SMILES string of the molecule is Cc1cc(OS(C)=O)cc(C(N)=O)c1. The summed E-state index contributed by atoms with van der Waals surface area (Å²) in [6.07, 6.45) is 1.41. The highest BCUT2D eigenvalue weighted by Gasteiger charge is 2.05. The summed E-state index contributed by atoms with van der Waals surface area (Å²) in [7, 11) is 0. The Kier molecular flexibility index (Phi) is 3.24. The number of hydrogen-bond donors (Lipinski definition) is 1. The van der Waals surface area contributed by atoms with Gasteiger partial charge in [0.1, 0.15) is 5.75 Å². The van der Waals surface area contributed by atoms with E-state index >= 15 is 0 Å². The van der Waals surface area contributed by atoms with Crippen LogP contribution in [-0.4, -0.2) is 16.4 Å². The van der Waals surface area contributed by atoms with E-state index < -0.39 is 17.0 Å². The van der Waals surface area contributed by atoms with Crippen LogP contribution < -0.4 is 9.92 Å². The summed E-state index contributed by atoms with van der Waals surface area (Å²) in [5.41, 5.74) is 6.30. The van der Waals surface area contributed by atoms with Gasteiger partial charge in [-0.3, -0.25) is 4.79 Å². The second-order valence-electron chi connectivity index (χ2n) is 2.88. The lowest BCUT2D eigenvalue weighted by atomic mass is 10.1. The van der Waals surface area contributed by atoms with Gasteiger partial charge in [-0.15, -0.1) is 0 Å². The number of carbonyl (C=O) groups excluding carboxylic acids is 1. The second-order valence-corrected chi connectivity index (χ2v) is 3.85. The minimum Gasteiger partial charge on any atom is -0.401 e. The first-order chi connectivity index (χ1) is 6.49. The Bertz CT molecular complexity index is 390. The number of rotatable bonds is 3. The summed E-state index contributed by atoms with van der Waals surface area (Å²) < 4.78 is 15.7. The smallest absolute Gasteiger partial charge is 0.248 e. The molecule has 4 nitrogen and oxygen atoms in total. The lowest BCUT2D eigenvalue weighted by Gasteiger charge is -2.04. The van der Waals surface area contributed by atoms with Crippen LogP contribution in [0.1, 0.15) is 15.9 Å². The average molecular weight is 213 g/mol. The van der Waals surface area contributed by atoms with Gasteiger partial charge in [0.05, 0.1) is 0 Å². The maximum Gasteiger partial charge on any atom is 0.248 e. The van der Waals surface area contributed by atoms with Crippen LogP contribution in [-0.2, 0) is 11.1 Å². The molecule has 0 fully saturated rings. The molecular formula is C9H11NO3S. The largest absolute Gasteiger partial charge is 0.401 e. The number of aryl methyl sites for hydroxylation is 1. The number of benzene rings is 1. The minimum atomic E-state index is -1.40. The first-order valence-electron chi connectivity index (χ1n) is 3.92. The van der Waals surface area contributed by atoms with Crippen LogP contribution in [0.5, 0.6) is 5.75 Å². The Morgan fingerprint density at radius 3 is 2.57 bits per heavy atom. The van der Waals surface area contributed by atoms with Gasteiger partial charge in [-0.05, 0) is 30.7 Å². The van der Waals surface area contributed by atoms with Gasteiger partial charge in [-0.25, -0.2) is 4.21 Å². The summed E-state index contributed by atoms with van der Waals surface area (Å²) in [4.78, 5) is 10.9. The summed E-state index contributed by atoms with van der Waals surface area (Å²) in [6, 6.07) is 4.80. The fourth-order valence-electron chi connectivity index (χ4n) is 1.07. The molecule has 0 aliphatic carbocycles. The average Bonchev–Trinajstić information content (AvgIpc) is 2.01. The highest BCUT2D eigenvalue weighted by molar-refractivity contribution is 7.79. The molecule has 0 aromatic heterocycles. The Morgan fingerprint density at radius 2 is 2.07 bits per heavy atom. The van der Waals surface area contributed by atoms with E-state index in [1.54, 1.807) is 19.1 Å². The Labute approximate surface area is 84.7 Å². The van der Waals surface area contributed by atoms with E-state index in [0.29, 0.717) is 11.3 Å². The zero-order valence-electron chi connectivity index (χ0n) is 7.94. The molecule has 76 valence electrons. The van der Waals surface area contributed by atoms with Gasteiger partial charge in [0, 0.05) is 11.8 Å². The maximum atomic E-state index is 10.9. The molecule has 1 amide bonds. The Morgan fingerprint density at radius 1 is 1.43 bits per heavy atom. The second kappa shape index (κ2) is 4.23. The third-order valence-corrected chi connectivity index (χ3v) is 1.98. The minimum absolute atomic E-state index is 0.352. The standard InChI is InChI=1S/C9H11NO3S/c1-6-3-7(9(10)11)5-8(4-6)13-14(2)12/h3-5H,1-2H3,(H2,10,11). The molecule has 0 bridgehead atoms. The fraction of sp³-hybridized carbons (Fsp3) is 0.222. The van der Waals surface area contributed by atoms with Crippen molar-refractivity contribution in [1.82, 2.24) is 0 Å². The van der Waals surface area contributed by atoms with Crippen molar-refractivity contribution in [2.45, 2.75) is 6.92 Å². The molecule has 0 saturated carbocycles. The van der Waals surface area contributed by atoms with Gasteiger partial charge in [-0.2, -0.15) is 0 Å². The van der Waals surface area contributed by atoms with Crippen LogP contribution in [0.2, 0.25) is 0 Å². The van der Waals surface area contributed by atoms with Crippen LogP contribution in [0.3, 0.4) is 0 Å². The van der Waals surface area contributed by atoms with Crippen molar-refractivity contribution >= 4 is 17.0 Å². The molecule has 1 unspecified atom stereocenters. The van der Waals surface area contributed by atoms with E-state index in [-0.39, 0.29) is 0 Å². The molecule has 2 N–H and O–H groups in total. The van der Waals surface area contributed by atoms with Gasteiger partial charge in [-0.1, -0.05) is 0 Å². The molecule has 0 aliphatic rings. The van der Waals surface area contributed by atoms with Crippen molar-refractivity contribution in [2.24, 2.45) is 5.73 Å². The molecule has 0 saturated heterocycles. The zero-order valence-corrected chi connectivity index (χ0v) is 8.76. The van der Waals surface area contributed by atoms with Crippen LogP contribution in [0.4, 0.5) is 0 Å². The van der Waals surface area contributed by atoms with E-state index in [2.05, 4.69) is 0 Å². The number of amides is 1. The highest BCUT2D eigenvalue weighted by atomic mass is 32.2. The lowest BCUT2D eigenvalue weighted by Crippen LogP contribution is -2.11. The molecule has 0 radical (unpaired) electrons. The molecule has 0 aliphatic heterocycles. The molecular weight excluding hydrogens is 202 g/mol. The molecule has 5 heteroatoms. The van der Waals surface area contributed by atoms with Crippen LogP contribution in [0.15, 0.2) is 18.2 Å². The Balaban J connectivity index is 3.07. The Hall–Kier alpha value is -1.36. The van der Waals surface area contributed by atoms with E-state index in [0.717, 1.165) is 5.56 Å². The quantitative estimate of drug-likeness (QED) is 0.806. The van der Waals surface area contributed by atoms with Crippen LogP contribution in [0, 0.1) is 6.92 Å². The fourth-order valence-corrected chi connectivity index (χ4v) is 1.44. The van der Waals surface area contributed by atoms with E-state index in [1.165, 1.54) is 12.3 Å². The van der Waals surface area contributed by atoms with Gasteiger partial charge >= 0.3 is 0 Å². The van der Waals surface area contributed by atoms with Crippen molar-refractivity contribution in [2.75, 3.05) is 6.26 Å². The van der Waals surface area contributed by atoms with Crippen LogP contribution in [0.25, 0.3) is 0 Å². The molecule has 1 aromatic rings. The summed E-state index contributed by atoms with van der Waals surface area (Å²) >= 11 is -1.40. The number of carbonyl (C=O) groups is 1. The third-order valence-electron chi connectivity index (χ3n) is 1.55. The van der Waals surface area contributed by atoms with Crippen molar-refractivity contribution in [3.63, 3.8) is 0 Å². The predicted octanol–water partition coefficient (Wildman–Crippen LogP) is 0.766. The molecule has 1 atom stereocenters. The number of nitrogens with two attached hydrogens (primary N) is 1. The molecule has 0 spiro atoms. The number of hydrogen-bond acceptors (Lipinski definition) is 3. The van der Waals surface area contributed by atoms with Crippen molar-refractivity contribution in [3.05, 3.63) is 29.3 Å². The lowest BCUT2D eigenvalue weighted by molar-refractivity contribution is 0.1000. The third kappa shape index (κ3) is 2.85. The van der Waals surface area contributed by atoms with Crippen LogP contribution >= 0.6 is 0 Å². The normalized spacial score (nSPS) is 12.1. The maximum absolute atomic E-state index is 10.9. The predicted molar refractivity (Wildman–Crippen MR) is 54.4 cm³/mol. The van der Waals surface area contributed by atoms with Crippen molar-refractivity contribution < 1.29 is 13.2 Å². The van der Waals surface area contributed by atoms with Gasteiger partial charge in [0.2, 0.25) is 17.0 Å². The van der Waals surface area contributed by atoms with E-state index in [9.17, 15) is 9.00 Å². The first-order valence-corrected chi connectivity index (χ1v) is 5.40. The molecule has 0 heterocycles. The van der Waals surface area contributed by atoms with Crippen molar-refractivity contribution in [3.8, 4) is 5.75 Å². The van der Waals surface area contributed by atoms with E-state index in [1.807, 2.05) is 0 Å². The monoisotopic (exact) mass is 213 g/mol. The highest BCUT2D eigenvalue weighted by Crippen LogP contribution is 2.17. The summed E-state index contributed by atoms with van der Waals surface area (Å²) in [5.74, 6) is -0.139. The topological polar surface area (TPSA) is 69.4 Å². The summed E-state index contributed by atoms with van der Waals surface area (Å²) in [5, 5.41) is 0. The molecule has 1 aromatic carbocycles. The van der Waals surface area contributed by atoms with Crippen molar-refractivity contribution in [1.29, 1.82) is 0 Å². The summed E-state index contributed by atoms with van der Waals surface area (Å²) in [6.45, 7) is 1.80. The van der Waals surface area contributed by atoms with E-state index in [4.69, 9.17) is 9.92 Å². The molecule has 14 heavy (non-hydrogen) atoms. The zero-order chi connectivity index (χ0) is 10.7.